The van der Waals surface area contributed by atoms with Gasteiger partial charge in [0.2, 0.25) is 11.6 Å². The number of ketones is 3. The predicted molar refractivity (Wildman–Crippen MR) is 113 cm³/mol. The maximum absolute atomic E-state index is 13.0. The summed E-state index contributed by atoms with van der Waals surface area (Å²) in [6, 6.07) is 0. The molecule has 3 fully saturated rings. The lowest BCUT2D eigenvalue weighted by Gasteiger charge is -2.58. The smallest absolute Gasteiger partial charge is 0.309 e. The van der Waals surface area contributed by atoms with E-state index in [1.165, 1.54) is 7.11 Å². The van der Waals surface area contributed by atoms with Crippen LogP contribution in [0, 0.1) is 28.6 Å². The van der Waals surface area contributed by atoms with Crippen molar-refractivity contribution in [2.24, 2.45) is 28.6 Å². The Morgan fingerprint density at radius 3 is 2.48 bits per heavy atom. The minimum absolute atomic E-state index is 0.0669. The molecular formula is C25H34O6. The average Bonchev–Trinajstić information content (AvgIpc) is 3.01. The third-order valence-corrected chi connectivity index (χ3v) is 9.33. The van der Waals surface area contributed by atoms with Gasteiger partial charge in [-0.2, -0.15) is 0 Å². The van der Waals surface area contributed by atoms with E-state index in [2.05, 4.69) is 13.8 Å². The molecule has 0 aromatic heterocycles. The molecule has 0 aliphatic heterocycles. The van der Waals surface area contributed by atoms with Crippen LogP contribution in [0.15, 0.2) is 11.6 Å². The average molecular weight is 431 g/mol. The van der Waals surface area contributed by atoms with Crippen LogP contribution >= 0.6 is 0 Å². The fourth-order valence-electron chi connectivity index (χ4n) is 7.71. The second-order valence-electron chi connectivity index (χ2n) is 10.6. The van der Waals surface area contributed by atoms with Gasteiger partial charge in [-0.25, -0.2) is 0 Å². The first-order valence-corrected chi connectivity index (χ1v) is 11.6. The molecule has 0 heterocycles. The quantitative estimate of drug-likeness (QED) is 0.489. The molecular weight excluding hydrogens is 396 g/mol. The van der Waals surface area contributed by atoms with E-state index in [-0.39, 0.29) is 47.7 Å². The molecule has 0 saturated heterocycles. The number of allylic oxidation sites excluding steroid dienone is 1. The predicted octanol–water partition coefficient (Wildman–Crippen LogP) is 3.60. The van der Waals surface area contributed by atoms with Crippen LogP contribution in [0.25, 0.3) is 0 Å². The van der Waals surface area contributed by atoms with Crippen LogP contribution < -0.4 is 0 Å². The number of carbonyl (C=O) groups is 4. The van der Waals surface area contributed by atoms with Gasteiger partial charge < -0.3 is 9.47 Å². The van der Waals surface area contributed by atoms with E-state index in [9.17, 15) is 19.2 Å². The second-order valence-corrected chi connectivity index (χ2v) is 10.6. The Bertz CT molecular complexity index is 858. The highest BCUT2D eigenvalue weighted by Gasteiger charge is 2.68. The molecule has 170 valence electrons. The number of carbonyl (C=O) groups excluding carboxylic acids is 4. The van der Waals surface area contributed by atoms with Crippen LogP contribution in [-0.2, 0) is 28.7 Å². The van der Waals surface area contributed by atoms with Crippen LogP contribution in [0.3, 0.4) is 0 Å². The van der Waals surface area contributed by atoms with Crippen LogP contribution in [0.1, 0.15) is 72.1 Å². The molecule has 4 aliphatic rings. The fourth-order valence-corrected chi connectivity index (χ4v) is 7.71. The molecule has 6 heteroatoms. The zero-order chi connectivity index (χ0) is 22.6. The molecule has 31 heavy (non-hydrogen) atoms. The summed E-state index contributed by atoms with van der Waals surface area (Å²) in [5, 5.41) is 0. The summed E-state index contributed by atoms with van der Waals surface area (Å²) in [5.41, 5.74) is -0.632. The van der Waals surface area contributed by atoms with Crippen molar-refractivity contribution in [3.8, 4) is 0 Å². The van der Waals surface area contributed by atoms with E-state index in [0.717, 1.165) is 37.7 Å². The number of hydrogen-bond donors (Lipinski definition) is 0. The van der Waals surface area contributed by atoms with E-state index >= 15 is 0 Å². The zero-order valence-corrected chi connectivity index (χ0v) is 19.1. The molecule has 0 aromatic rings. The van der Waals surface area contributed by atoms with Gasteiger partial charge in [0.1, 0.15) is 0 Å². The lowest BCUT2D eigenvalue weighted by atomic mass is 9.46. The van der Waals surface area contributed by atoms with Crippen molar-refractivity contribution in [3.63, 3.8) is 0 Å². The van der Waals surface area contributed by atoms with Crippen molar-refractivity contribution >= 4 is 23.3 Å². The number of hydrogen-bond acceptors (Lipinski definition) is 6. The molecule has 6 atom stereocenters. The second kappa shape index (κ2) is 7.65. The summed E-state index contributed by atoms with van der Waals surface area (Å²) in [5.74, 6) is -0.143. The van der Waals surface area contributed by atoms with E-state index in [0.29, 0.717) is 24.7 Å². The minimum atomic E-state index is -1.08. The maximum Gasteiger partial charge on any atom is 0.309 e. The minimum Gasteiger partial charge on any atom is -0.450 e. The Kier molecular flexibility index (Phi) is 5.52. The lowest BCUT2D eigenvalue weighted by molar-refractivity contribution is -0.189. The summed E-state index contributed by atoms with van der Waals surface area (Å²) in [7, 11) is 1.54. The highest BCUT2D eigenvalue weighted by molar-refractivity contribution is 6.42. The normalized spacial score (nSPS) is 41.7. The number of ether oxygens (including phenoxy) is 2. The summed E-state index contributed by atoms with van der Waals surface area (Å²) < 4.78 is 11.0. The van der Waals surface area contributed by atoms with Gasteiger partial charge in [-0.3, -0.25) is 19.2 Å². The zero-order valence-electron chi connectivity index (χ0n) is 19.1. The Morgan fingerprint density at radius 1 is 1.10 bits per heavy atom. The summed E-state index contributed by atoms with van der Waals surface area (Å²) in [6.45, 7) is 6.12. The van der Waals surface area contributed by atoms with Crippen molar-refractivity contribution in [1.29, 1.82) is 0 Å². The van der Waals surface area contributed by atoms with Crippen LogP contribution in [0.4, 0.5) is 0 Å². The van der Waals surface area contributed by atoms with E-state index in [1.54, 1.807) is 13.0 Å². The van der Waals surface area contributed by atoms with Gasteiger partial charge in [-0.05, 0) is 74.7 Å². The van der Waals surface area contributed by atoms with Gasteiger partial charge >= 0.3 is 5.97 Å². The highest BCUT2D eigenvalue weighted by Crippen LogP contribution is 2.68. The van der Waals surface area contributed by atoms with Gasteiger partial charge in [0.05, 0.1) is 13.0 Å². The topological polar surface area (TPSA) is 86.7 Å². The van der Waals surface area contributed by atoms with Crippen LogP contribution in [0.5, 0.6) is 0 Å². The fraction of sp³-hybridized carbons (Fsp3) is 0.760. The van der Waals surface area contributed by atoms with Crippen LogP contribution in [0.2, 0.25) is 0 Å². The Labute approximate surface area is 184 Å². The van der Waals surface area contributed by atoms with Crippen molar-refractivity contribution < 1.29 is 28.7 Å². The first kappa shape index (κ1) is 22.4. The van der Waals surface area contributed by atoms with E-state index in [4.69, 9.17) is 9.47 Å². The number of rotatable bonds is 5. The van der Waals surface area contributed by atoms with Crippen molar-refractivity contribution in [2.45, 2.75) is 77.7 Å². The SMILES string of the molecule is COCCC(=O)O[C@]1(C(C)=O)CC[C@H]2[C@@H]3CCC4=CC(=O)C(=O)C[C@]4(C)[C@H]3CC[C@@]21C. The standard InChI is InChI=1S/C25H34O6/c1-15(26)25(31-22(29)9-12-30-4)11-8-19-17-6-5-16-13-20(27)21(28)14-23(16,2)18(17)7-10-24(19,25)3/h13,17-19H,5-12,14H2,1-4H3/t17-,18+,19+,23+,24+,25+/m1/s1. The summed E-state index contributed by atoms with van der Waals surface area (Å²) >= 11 is 0. The first-order valence-electron chi connectivity index (χ1n) is 11.6. The number of fused-ring (bicyclic) bond motifs is 5. The Morgan fingerprint density at radius 2 is 1.81 bits per heavy atom. The molecule has 0 amide bonds. The molecule has 0 radical (unpaired) electrons. The third-order valence-electron chi connectivity index (χ3n) is 9.33. The molecule has 0 spiro atoms. The molecule has 6 nitrogen and oxygen atoms in total. The van der Waals surface area contributed by atoms with Crippen LogP contribution in [-0.4, -0.2) is 42.6 Å². The molecule has 3 saturated carbocycles. The largest absolute Gasteiger partial charge is 0.450 e. The first-order chi connectivity index (χ1) is 14.6. The lowest BCUT2D eigenvalue weighted by Crippen LogP contribution is -2.59. The van der Waals surface area contributed by atoms with E-state index < -0.39 is 11.0 Å². The van der Waals surface area contributed by atoms with Crippen molar-refractivity contribution in [2.75, 3.05) is 13.7 Å². The molecule has 0 aromatic carbocycles. The molecule has 0 N–H and O–H groups in total. The van der Waals surface area contributed by atoms with Gasteiger partial charge in [0, 0.05) is 18.9 Å². The van der Waals surface area contributed by atoms with Gasteiger partial charge in [0.15, 0.2) is 11.4 Å². The Balaban J connectivity index is 1.65. The van der Waals surface area contributed by atoms with Gasteiger partial charge in [-0.15, -0.1) is 0 Å². The molecule has 0 bridgehead atoms. The monoisotopic (exact) mass is 430 g/mol. The van der Waals surface area contributed by atoms with Gasteiger partial charge in [0.25, 0.3) is 0 Å². The van der Waals surface area contributed by atoms with Crippen molar-refractivity contribution in [3.05, 3.63) is 11.6 Å². The Hall–Kier alpha value is -1.82. The maximum atomic E-state index is 13.0. The van der Waals surface area contributed by atoms with Crippen molar-refractivity contribution in [1.82, 2.24) is 0 Å². The number of methoxy groups -OCH3 is 1. The summed E-state index contributed by atoms with van der Waals surface area (Å²) in [4.78, 5) is 49.8. The highest BCUT2D eigenvalue weighted by atomic mass is 16.6. The molecule has 0 unspecified atom stereocenters. The number of esters is 1. The summed E-state index contributed by atoms with van der Waals surface area (Å²) in [6.07, 6.45) is 6.87. The molecule has 4 aliphatic carbocycles. The van der Waals surface area contributed by atoms with Gasteiger partial charge in [-0.1, -0.05) is 19.4 Å². The van der Waals surface area contributed by atoms with E-state index in [1.807, 2.05) is 0 Å². The number of Topliss-reactive ketones (excluding diaryl/α,β-unsaturated/α-hetero) is 2. The third kappa shape index (κ3) is 3.16. The molecule has 4 rings (SSSR count).